The van der Waals surface area contributed by atoms with Crippen LogP contribution in [0.15, 0.2) is 30.3 Å². The number of carboxylic acid groups (broad SMARTS) is 2. The van der Waals surface area contributed by atoms with E-state index in [1.165, 1.54) is 0 Å². The highest BCUT2D eigenvalue weighted by Gasteiger charge is 2.38. The normalized spacial score (nSPS) is 27.7. The van der Waals surface area contributed by atoms with Crippen LogP contribution >= 0.6 is 0 Å². The fraction of sp³-hybridized carbons (Fsp3) is 0.429. The van der Waals surface area contributed by atoms with Gasteiger partial charge in [0.05, 0.1) is 11.8 Å². The predicted molar refractivity (Wildman–Crippen MR) is 65.3 cm³/mol. The first-order chi connectivity index (χ1) is 8.59. The third-order valence-electron chi connectivity index (χ3n) is 3.74. The zero-order valence-corrected chi connectivity index (χ0v) is 9.95. The minimum atomic E-state index is -0.826. The number of benzene rings is 1. The predicted octanol–water partition coefficient (Wildman–Crippen LogP) is 2.36. The van der Waals surface area contributed by atoms with E-state index in [9.17, 15) is 14.7 Å². The van der Waals surface area contributed by atoms with Crippen LogP contribution in [0.2, 0.25) is 0 Å². The van der Waals surface area contributed by atoms with Gasteiger partial charge >= 0.3 is 11.9 Å². The lowest BCUT2D eigenvalue weighted by Gasteiger charge is -2.32. The summed E-state index contributed by atoms with van der Waals surface area (Å²) >= 11 is 0. The van der Waals surface area contributed by atoms with Crippen molar-refractivity contribution in [3.05, 3.63) is 35.9 Å². The summed E-state index contributed by atoms with van der Waals surface area (Å²) in [7, 11) is 0. The summed E-state index contributed by atoms with van der Waals surface area (Å²) in [6.07, 6.45) is 1.30. The molecular formula is C14H16O4. The summed E-state index contributed by atoms with van der Waals surface area (Å²) in [5.41, 5.74) is 0.927. The Morgan fingerprint density at radius 1 is 1.00 bits per heavy atom. The van der Waals surface area contributed by atoms with Crippen molar-refractivity contribution in [2.24, 2.45) is 11.8 Å². The van der Waals surface area contributed by atoms with E-state index in [0.717, 1.165) is 5.56 Å². The van der Waals surface area contributed by atoms with Crippen molar-refractivity contribution in [2.45, 2.75) is 25.2 Å². The van der Waals surface area contributed by atoms with E-state index in [0.29, 0.717) is 19.3 Å². The number of carboxylic acids is 2. The van der Waals surface area contributed by atoms with Crippen LogP contribution in [0, 0.1) is 11.8 Å². The molecule has 1 aromatic rings. The van der Waals surface area contributed by atoms with Crippen molar-refractivity contribution in [3.63, 3.8) is 0 Å². The largest absolute Gasteiger partial charge is 0.481 e. The topological polar surface area (TPSA) is 74.6 Å². The Morgan fingerprint density at radius 3 is 2.22 bits per heavy atom. The van der Waals surface area contributed by atoms with Crippen molar-refractivity contribution in [3.8, 4) is 0 Å². The summed E-state index contributed by atoms with van der Waals surface area (Å²) in [5.74, 6) is -2.74. The highest BCUT2D eigenvalue weighted by molar-refractivity contribution is 5.74. The molecule has 3 unspecified atom stereocenters. The van der Waals surface area contributed by atoms with Gasteiger partial charge in [-0.25, -0.2) is 0 Å². The van der Waals surface area contributed by atoms with E-state index in [1.807, 2.05) is 30.3 Å². The molecule has 0 spiro atoms. The number of carbonyl (C=O) groups is 2. The molecule has 2 N–H and O–H groups in total. The summed E-state index contributed by atoms with van der Waals surface area (Å²) < 4.78 is 0. The minimum absolute atomic E-state index is 0.196. The van der Waals surface area contributed by atoms with Gasteiger partial charge in [-0.15, -0.1) is 0 Å². The van der Waals surface area contributed by atoms with Gasteiger partial charge in [0.15, 0.2) is 0 Å². The van der Waals surface area contributed by atoms with Gasteiger partial charge in [0.2, 0.25) is 0 Å². The van der Waals surface area contributed by atoms with Crippen LogP contribution < -0.4 is 0 Å². The fourth-order valence-corrected chi connectivity index (χ4v) is 2.76. The molecule has 0 aliphatic heterocycles. The highest BCUT2D eigenvalue weighted by Crippen LogP contribution is 2.40. The molecule has 1 aromatic carbocycles. The Balaban J connectivity index is 2.25. The molecule has 1 fully saturated rings. The average Bonchev–Trinajstić information content (AvgIpc) is 2.39. The molecule has 96 valence electrons. The van der Waals surface area contributed by atoms with E-state index >= 15 is 0 Å². The van der Waals surface area contributed by atoms with Gasteiger partial charge in [-0.05, 0) is 30.7 Å². The molecule has 0 amide bonds. The molecule has 1 aliphatic carbocycles. The van der Waals surface area contributed by atoms with Crippen LogP contribution in [-0.4, -0.2) is 22.2 Å². The molecular weight excluding hydrogens is 232 g/mol. The average molecular weight is 248 g/mol. The first-order valence-electron chi connectivity index (χ1n) is 6.10. The van der Waals surface area contributed by atoms with Crippen LogP contribution in [0.4, 0.5) is 0 Å². The first kappa shape index (κ1) is 12.6. The molecule has 0 saturated heterocycles. The molecule has 4 nitrogen and oxygen atoms in total. The smallest absolute Gasteiger partial charge is 0.307 e. The Labute approximate surface area is 105 Å². The number of hydrogen-bond donors (Lipinski definition) is 2. The summed E-state index contributed by atoms with van der Waals surface area (Å²) in [5, 5.41) is 18.3. The van der Waals surface area contributed by atoms with Crippen molar-refractivity contribution < 1.29 is 19.8 Å². The van der Waals surface area contributed by atoms with E-state index in [2.05, 4.69) is 0 Å². The Hall–Kier alpha value is -1.84. The van der Waals surface area contributed by atoms with Gasteiger partial charge in [-0.2, -0.15) is 0 Å². The lowest BCUT2D eigenvalue weighted by molar-refractivity contribution is -0.149. The second-order valence-corrected chi connectivity index (χ2v) is 4.81. The Bertz CT molecular complexity index is 440. The summed E-state index contributed by atoms with van der Waals surface area (Å²) in [6, 6.07) is 9.35. The zero-order valence-electron chi connectivity index (χ0n) is 9.95. The van der Waals surface area contributed by atoms with Crippen LogP contribution in [0.25, 0.3) is 0 Å². The van der Waals surface area contributed by atoms with Crippen LogP contribution in [0.5, 0.6) is 0 Å². The lowest BCUT2D eigenvalue weighted by atomic mass is 9.71. The second-order valence-electron chi connectivity index (χ2n) is 4.81. The van der Waals surface area contributed by atoms with Crippen molar-refractivity contribution in [1.82, 2.24) is 0 Å². The fourth-order valence-electron chi connectivity index (χ4n) is 2.76. The molecule has 0 bridgehead atoms. The maximum absolute atomic E-state index is 11.3. The monoisotopic (exact) mass is 248 g/mol. The van der Waals surface area contributed by atoms with E-state index in [-0.39, 0.29) is 5.92 Å². The molecule has 2 rings (SSSR count). The van der Waals surface area contributed by atoms with Crippen molar-refractivity contribution in [1.29, 1.82) is 0 Å². The molecule has 4 heteroatoms. The van der Waals surface area contributed by atoms with Gasteiger partial charge in [0, 0.05) is 0 Å². The standard InChI is InChI=1S/C14H16O4/c15-13(16)10-6-7-11(14(17)18)12(8-10)9-4-2-1-3-5-9/h1-5,10-12H,6-8H2,(H,15,16)(H,17,18). The van der Waals surface area contributed by atoms with Gasteiger partial charge in [-0.3, -0.25) is 9.59 Å². The van der Waals surface area contributed by atoms with Crippen LogP contribution in [0.3, 0.4) is 0 Å². The molecule has 1 saturated carbocycles. The quantitative estimate of drug-likeness (QED) is 0.861. The van der Waals surface area contributed by atoms with Crippen LogP contribution in [-0.2, 0) is 9.59 Å². The van der Waals surface area contributed by atoms with E-state index < -0.39 is 23.8 Å². The van der Waals surface area contributed by atoms with Crippen molar-refractivity contribution >= 4 is 11.9 Å². The lowest BCUT2D eigenvalue weighted by Crippen LogP contribution is -2.32. The van der Waals surface area contributed by atoms with Crippen LogP contribution in [0.1, 0.15) is 30.7 Å². The molecule has 3 atom stereocenters. The Morgan fingerprint density at radius 2 is 1.67 bits per heavy atom. The number of hydrogen-bond acceptors (Lipinski definition) is 2. The van der Waals surface area contributed by atoms with Gasteiger partial charge in [-0.1, -0.05) is 30.3 Å². The zero-order chi connectivity index (χ0) is 13.1. The second kappa shape index (κ2) is 5.21. The third-order valence-corrected chi connectivity index (χ3v) is 3.74. The van der Waals surface area contributed by atoms with E-state index in [1.54, 1.807) is 0 Å². The molecule has 18 heavy (non-hydrogen) atoms. The number of rotatable bonds is 3. The van der Waals surface area contributed by atoms with Crippen molar-refractivity contribution in [2.75, 3.05) is 0 Å². The first-order valence-corrected chi connectivity index (χ1v) is 6.10. The SMILES string of the molecule is O=C(O)C1CCC(C(=O)O)C(c2ccccc2)C1. The van der Waals surface area contributed by atoms with E-state index in [4.69, 9.17) is 5.11 Å². The molecule has 1 aliphatic rings. The Kier molecular flexibility index (Phi) is 3.65. The summed E-state index contributed by atoms with van der Waals surface area (Å²) in [6.45, 7) is 0. The highest BCUT2D eigenvalue weighted by atomic mass is 16.4. The van der Waals surface area contributed by atoms with Gasteiger partial charge in [0.1, 0.15) is 0 Å². The maximum Gasteiger partial charge on any atom is 0.307 e. The molecule has 0 radical (unpaired) electrons. The van der Waals surface area contributed by atoms with Gasteiger partial charge in [0.25, 0.3) is 0 Å². The minimum Gasteiger partial charge on any atom is -0.481 e. The summed E-state index contributed by atoms with van der Waals surface area (Å²) in [4.78, 5) is 22.3. The number of aliphatic carboxylic acids is 2. The van der Waals surface area contributed by atoms with Gasteiger partial charge < -0.3 is 10.2 Å². The third kappa shape index (κ3) is 2.53. The molecule has 0 heterocycles. The maximum atomic E-state index is 11.3. The molecule has 0 aromatic heterocycles.